The van der Waals surface area contributed by atoms with Crippen LogP contribution in [0.4, 0.5) is 5.69 Å². The van der Waals surface area contributed by atoms with Gasteiger partial charge in [0.15, 0.2) is 6.10 Å². The van der Waals surface area contributed by atoms with E-state index in [1.807, 2.05) is 25.1 Å². The zero-order valence-electron chi connectivity index (χ0n) is 17.2. The maximum Gasteiger partial charge on any atom is 0.347 e. The highest BCUT2D eigenvalue weighted by molar-refractivity contribution is 5.91. The number of hydrogen-bond donors (Lipinski definition) is 1. The van der Waals surface area contributed by atoms with Crippen LogP contribution in [0.25, 0.3) is 10.8 Å². The number of pyridine rings is 1. The molecule has 2 aromatic carbocycles. The maximum absolute atomic E-state index is 12.9. The van der Waals surface area contributed by atoms with Crippen molar-refractivity contribution in [2.24, 2.45) is 0 Å². The van der Waals surface area contributed by atoms with E-state index in [0.29, 0.717) is 22.2 Å². The molecule has 1 atom stereocenters. The van der Waals surface area contributed by atoms with Crippen LogP contribution < -0.4 is 15.6 Å². The summed E-state index contributed by atoms with van der Waals surface area (Å²) in [5, 5.41) is 3.76. The van der Waals surface area contributed by atoms with Crippen molar-refractivity contribution in [3.63, 3.8) is 0 Å². The molecule has 3 aromatic rings. The lowest BCUT2D eigenvalue weighted by molar-refractivity contribution is -0.150. The number of nitrogens with one attached hydrogen (secondary N) is 1. The summed E-state index contributed by atoms with van der Waals surface area (Å²) in [6.07, 6.45) is 0.737. The van der Waals surface area contributed by atoms with Crippen LogP contribution in [0, 0.1) is 6.92 Å². The average molecular weight is 408 g/mol. The smallest absolute Gasteiger partial charge is 0.347 e. The van der Waals surface area contributed by atoms with Crippen molar-refractivity contribution in [1.82, 2.24) is 4.57 Å². The second-order valence-electron chi connectivity index (χ2n) is 6.90. The average Bonchev–Trinajstić information content (AvgIpc) is 2.70. The van der Waals surface area contributed by atoms with Crippen LogP contribution in [0.5, 0.6) is 5.75 Å². The van der Waals surface area contributed by atoms with Gasteiger partial charge in [-0.25, -0.2) is 4.79 Å². The third-order valence-corrected chi connectivity index (χ3v) is 4.52. The van der Waals surface area contributed by atoms with Crippen molar-refractivity contribution in [2.45, 2.75) is 33.4 Å². The fourth-order valence-corrected chi connectivity index (χ4v) is 3.09. The summed E-state index contributed by atoms with van der Waals surface area (Å²) >= 11 is 0. The third kappa shape index (κ3) is 4.86. The van der Waals surface area contributed by atoms with Gasteiger partial charge in [0.25, 0.3) is 5.56 Å². The molecule has 0 fully saturated rings. The number of benzene rings is 2. The van der Waals surface area contributed by atoms with Crippen LogP contribution in [0.15, 0.2) is 59.5 Å². The molecule has 7 heteroatoms. The molecule has 30 heavy (non-hydrogen) atoms. The molecule has 1 amide bonds. The summed E-state index contributed by atoms with van der Waals surface area (Å²) in [5.41, 5.74) is 1.39. The molecule has 1 aromatic heterocycles. The zero-order valence-corrected chi connectivity index (χ0v) is 17.2. The van der Waals surface area contributed by atoms with Gasteiger partial charge in [0.2, 0.25) is 5.91 Å². The quantitative estimate of drug-likeness (QED) is 0.607. The molecule has 0 saturated heterocycles. The molecule has 1 heterocycles. The number of nitrogens with zero attached hydrogens (tertiary/aromatic N) is 1. The monoisotopic (exact) mass is 408 g/mol. The van der Waals surface area contributed by atoms with Crippen LogP contribution in [0.3, 0.4) is 0 Å². The molecule has 0 saturated carbocycles. The lowest BCUT2D eigenvalue weighted by Crippen LogP contribution is -2.28. The Kier molecular flexibility index (Phi) is 6.51. The molecule has 0 spiro atoms. The second-order valence-corrected chi connectivity index (χ2v) is 6.90. The van der Waals surface area contributed by atoms with Crippen molar-refractivity contribution in [1.29, 1.82) is 0 Å². The standard InChI is InChI=1S/C23H24N2O5/c1-4-29-23(28)16(3)30-20-10-6-9-19-18(20)11-12-25(22(19)27)14-21(26)24-17-8-5-7-15(2)13-17/h5-13,16H,4,14H2,1-3H3,(H,24,26). The number of anilines is 1. The first-order chi connectivity index (χ1) is 14.4. The van der Waals surface area contributed by atoms with Gasteiger partial charge >= 0.3 is 5.97 Å². The summed E-state index contributed by atoms with van der Waals surface area (Å²) < 4.78 is 12.0. The van der Waals surface area contributed by atoms with Crippen LogP contribution >= 0.6 is 0 Å². The highest BCUT2D eigenvalue weighted by Crippen LogP contribution is 2.24. The first kappa shape index (κ1) is 21.1. The number of fused-ring (bicyclic) bond motifs is 1. The number of esters is 1. The second kappa shape index (κ2) is 9.26. The van der Waals surface area contributed by atoms with Crippen LogP contribution in [0.2, 0.25) is 0 Å². The van der Waals surface area contributed by atoms with Crippen LogP contribution in [-0.4, -0.2) is 29.2 Å². The van der Waals surface area contributed by atoms with Gasteiger partial charge < -0.3 is 19.4 Å². The summed E-state index contributed by atoms with van der Waals surface area (Å²) in [7, 11) is 0. The highest BCUT2D eigenvalue weighted by Gasteiger charge is 2.18. The van der Waals surface area contributed by atoms with Crippen molar-refractivity contribution in [2.75, 3.05) is 11.9 Å². The van der Waals surface area contributed by atoms with E-state index in [4.69, 9.17) is 9.47 Å². The first-order valence-corrected chi connectivity index (χ1v) is 9.71. The number of rotatable bonds is 7. The van der Waals surface area contributed by atoms with Gasteiger partial charge in [-0.3, -0.25) is 9.59 Å². The van der Waals surface area contributed by atoms with Gasteiger partial charge in [0.05, 0.1) is 12.0 Å². The predicted molar refractivity (Wildman–Crippen MR) is 115 cm³/mol. The summed E-state index contributed by atoms with van der Waals surface area (Å²) in [5.74, 6) is -0.373. The Morgan fingerprint density at radius 3 is 2.60 bits per heavy atom. The minimum Gasteiger partial charge on any atom is -0.478 e. The van der Waals surface area contributed by atoms with Gasteiger partial charge in [0.1, 0.15) is 12.3 Å². The zero-order chi connectivity index (χ0) is 21.7. The number of aryl methyl sites for hydroxylation is 1. The largest absolute Gasteiger partial charge is 0.478 e. The lowest BCUT2D eigenvalue weighted by atomic mass is 10.1. The van der Waals surface area contributed by atoms with E-state index >= 15 is 0 Å². The Morgan fingerprint density at radius 1 is 1.10 bits per heavy atom. The normalized spacial score (nSPS) is 11.7. The molecule has 156 valence electrons. The van der Waals surface area contributed by atoms with E-state index < -0.39 is 12.1 Å². The van der Waals surface area contributed by atoms with E-state index in [-0.39, 0.29) is 24.6 Å². The van der Waals surface area contributed by atoms with Gasteiger partial charge in [-0.05, 0) is 56.7 Å². The summed E-state index contributed by atoms with van der Waals surface area (Å²) in [4.78, 5) is 37.1. The topological polar surface area (TPSA) is 86.6 Å². The van der Waals surface area contributed by atoms with E-state index in [9.17, 15) is 14.4 Å². The Bertz CT molecular complexity index is 1140. The predicted octanol–water partition coefficient (Wildman–Crippen LogP) is 3.28. The molecule has 0 bridgehead atoms. The molecule has 1 unspecified atom stereocenters. The fraction of sp³-hybridized carbons (Fsp3) is 0.261. The van der Waals surface area contributed by atoms with E-state index in [1.165, 1.54) is 4.57 Å². The molecule has 0 aliphatic heterocycles. The van der Waals surface area contributed by atoms with Crippen LogP contribution in [0.1, 0.15) is 19.4 Å². The van der Waals surface area contributed by atoms with Gasteiger partial charge in [-0.1, -0.05) is 18.2 Å². The number of amides is 1. The molecule has 7 nitrogen and oxygen atoms in total. The minimum absolute atomic E-state index is 0.118. The van der Waals surface area contributed by atoms with E-state index in [1.54, 1.807) is 50.4 Å². The minimum atomic E-state index is -0.807. The Balaban J connectivity index is 1.81. The van der Waals surface area contributed by atoms with E-state index in [2.05, 4.69) is 5.32 Å². The fourth-order valence-electron chi connectivity index (χ4n) is 3.09. The molecule has 1 N–H and O–H groups in total. The van der Waals surface area contributed by atoms with Crippen molar-refractivity contribution >= 4 is 28.3 Å². The SMILES string of the molecule is CCOC(=O)C(C)Oc1cccc2c(=O)n(CC(=O)Nc3cccc(C)c3)ccc12. The molecule has 0 aliphatic rings. The van der Waals surface area contributed by atoms with Crippen molar-refractivity contribution in [3.8, 4) is 5.75 Å². The van der Waals surface area contributed by atoms with Crippen molar-refractivity contribution in [3.05, 3.63) is 70.6 Å². The molecule has 0 aliphatic carbocycles. The van der Waals surface area contributed by atoms with Crippen LogP contribution in [-0.2, 0) is 20.9 Å². The van der Waals surface area contributed by atoms with Gasteiger partial charge in [-0.15, -0.1) is 0 Å². The number of hydrogen-bond acceptors (Lipinski definition) is 5. The van der Waals surface area contributed by atoms with Gasteiger partial charge in [-0.2, -0.15) is 0 Å². The number of carbonyl (C=O) groups excluding carboxylic acids is 2. The Labute approximate surface area is 174 Å². The molecular weight excluding hydrogens is 384 g/mol. The van der Waals surface area contributed by atoms with E-state index in [0.717, 1.165) is 5.56 Å². The first-order valence-electron chi connectivity index (χ1n) is 9.71. The molecule has 3 rings (SSSR count). The van der Waals surface area contributed by atoms with Crippen molar-refractivity contribution < 1.29 is 19.1 Å². The lowest BCUT2D eigenvalue weighted by Gasteiger charge is -2.15. The molecule has 0 radical (unpaired) electrons. The Hall–Kier alpha value is -3.61. The number of carbonyl (C=O) groups is 2. The third-order valence-electron chi connectivity index (χ3n) is 4.52. The van der Waals surface area contributed by atoms with Gasteiger partial charge in [0, 0.05) is 17.3 Å². The maximum atomic E-state index is 12.9. The summed E-state index contributed by atoms with van der Waals surface area (Å²) in [6, 6.07) is 14.2. The Morgan fingerprint density at radius 2 is 1.87 bits per heavy atom. The molecular formula is C23H24N2O5. The number of ether oxygens (including phenoxy) is 2. The summed E-state index contributed by atoms with van der Waals surface area (Å²) in [6.45, 7) is 5.39. The highest BCUT2D eigenvalue weighted by atomic mass is 16.6. The number of aromatic nitrogens is 1.